The van der Waals surface area contributed by atoms with E-state index in [2.05, 4.69) is 33.8 Å². The lowest BCUT2D eigenvalue weighted by Crippen LogP contribution is -2.15. The highest BCUT2D eigenvalue weighted by Gasteiger charge is 2.11. The normalized spacial score (nSPS) is 13.5. The molecule has 0 aliphatic carbocycles. The number of fused-ring (bicyclic) bond motifs is 1. The molecule has 19 heavy (non-hydrogen) atoms. The fourth-order valence-corrected chi connectivity index (χ4v) is 2.41. The van der Waals surface area contributed by atoms with E-state index >= 15 is 0 Å². The molecule has 0 radical (unpaired) electrons. The van der Waals surface area contributed by atoms with Crippen LogP contribution in [0.15, 0.2) is 36.5 Å². The molecule has 0 saturated heterocycles. The monoisotopic (exact) mass is 257 g/mol. The molecule has 1 aliphatic rings. The predicted octanol–water partition coefficient (Wildman–Crippen LogP) is 3.19. The van der Waals surface area contributed by atoms with Gasteiger partial charge >= 0.3 is 0 Å². The number of rotatable bonds is 3. The maximum Gasteiger partial charge on any atom is 0.212 e. The molecule has 98 valence electrons. The van der Waals surface area contributed by atoms with Gasteiger partial charge in [0.1, 0.15) is 0 Å². The predicted molar refractivity (Wildman–Crippen MR) is 74.8 cm³/mol. The Morgan fingerprint density at radius 3 is 3.05 bits per heavy atom. The van der Waals surface area contributed by atoms with E-state index in [-0.39, 0.29) is 0 Å². The third-order valence-electron chi connectivity index (χ3n) is 3.37. The Hall–Kier alpha value is -2.10. The quantitative estimate of drug-likeness (QED) is 0.829. The topological polar surface area (TPSA) is 37.0 Å². The van der Waals surface area contributed by atoms with Gasteiger partial charge in [-0.25, -0.2) is 4.98 Å². The molecule has 3 nitrogen and oxygen atoms in total. The Morgan fingerprint density at radius 2 is 2.21 bits per heavy atom. The molecule has 2 heterocycles. The lowest BCUT2D eigenvalue weighted by atomic mass is 9.99. The first kappa shape index (κ1) is 12.0. The lowest BCUT2D eigenvalue weighted by molar-refractivity contribution is 0.584. The number of halogens is 1. The van der Waals surface area contributed by atoms with E-state index in [1.165, 1.54) is 35.5 Å². The van der Waals surface area contributed by atoms with E-state index in [4.69, 9.17) is 0 Å². The Labute approximate surface area is 111 Å². The van der Waals surface area contributed by atoms with Crippen molar-refractivity contribution in [1.82, 2.24) is 4.98 Å². The summed E-state index contributed by atoms with van der Waals surface area (Å²) in [5, 5.41) is 6.73. The average Bonchev–Trinajstić information content (AvgIpc) is 2.47. The molecule has 0 amide bonds. The van der Waals surface area contributed by atoms with Crippen molar-refractivity contribution in [3.8, 4) is 0 Å². The molecule has 3 rings (SSSR count). The summed E-state index contributed by atoms with van der Waals surface area (Å²) in [7, 11) is 0. The van der Waals surface area contributed by atoms with Crippen LogP contribution in [-0.4, -0.2) is 11.5 Å². The van der Waals surface area contributed by atoms with Crippen molar-refractivity contribution in [1.29, 1.82) is 0 Å². The summed E-state index contributed by atoms with van der Waals surface area (Å²) in [6, 6.07) is 9.43. The molecule has 0 fully saturated rings. The van der Waals surface area contributed by atoms with Gasteiger partial charge in [-0.2, -0.15) is 4.39 Å². The minimum Gasteiger partial charge on any atom is -0.385 e. The first-order valence-electron chi connectivity index (χ1n) is 6.53. The molecule has 0 atom stereocenters. The van der Waals surface area contributed by atoms with Gasteiger partial charge in [0.25, 0.3) is 0 Å². The first-order chi connectivity index (χ1) is 9.33. The SMILES string of the molecule is Fc1ccc(NCc2cccc3c2NCCC3)cn1. The van der Waals surface area contributed by atoms with Crippen molar-refractivity contribution in [3.63, 3.8) is 0 Å². The number of nitrogens with one attached hydrogen (secondary N) is 2. The third kappa shape index (κ3) is 2.67. The Balaban J connectivity index is 1.75. The second-order valence-corrected chi connectivity index (χ2v) is 4.70. The maximum absolute atomic E-state index is 12.7. The highest BCUT2D eigenvalue weighted by Crippen LogP contribution is 2.26. The summed E-state index contributed by atoms with van der Waals surface area (Å²) in [5.41, 5.74) is 4.69. The standard InChI is InChI=1S/C15H16FN3/c16-14-7-6-13(10-19-14)18-9-12-4-1-3-11-5-2-8-17-15(11)12/h1,3-4,6-7,10,17-18H,2,5,8-9H2. The number of aryl methyl sites for hydroxylation is 1. The maximum atomic E-state index is 12.7. The van der Waals surface area contributed by atoms with Gasteiger partial charge in [0, 0.05) is 18.8 Å². The van der Waals surface area contributed by atoms with Gasteiger partial charge in [0.15, 0.2) is 0 Å². The van der Waals surface area contributed by atoms with Crippen LogP contribution in [-0.2, 0) is 13.0 Å². The van der Waals surface area contributed by atoms with Crippen LogP contribution < -0.4 is 10.6 Å². The number of aromatic nitrogens is 1. The Kier molecular flexibility index (Phi) is 3.31. The minimum absolute atomic E-state index is 0.454. The highest BCUT2D eigenvalue weighted by molar-refractivity contribution is 5.60. The number of hydrogen-bond acceptors (Lipinski definition) is 3. The summed E-state index contributed by atoms with van der Waals surface area (Å²) >= 11 is 0. The minimum atomic E-state index is -0.454. The molecule has 4 heteroatoms. The van der Waals surface area contributed by atoms with Crippen molar-refractivity contribution in [2.45, 2.75) is 19.4 Å². The van der Waals surface area contributed by atoms with Crippen LogP contribution in [0, 0.1) is 5.95 Å². The Bertz CT molecular complexity index is 566. The second-order valence-electron chi connectivity index (χ2n) is 4.70. The number of pyridine rings is 1. The lowest BCUT2D eigenvalue weighted by Gasteiger charge is -2.21. The second kappa shape index (κ2) is 5.26. The van der Waals surface area contributed by atoms with Crippen molar-refractivity contribution in [2.75, 3.05) is 17.2 Å². The van der Waals surface area contributed by atoms with E-state index in [9.17, 15) is 4.39 Å². The van der Waals surface area contributed by atoms with Gasteiger partial charge in [-0.15, -0.1) is 0 Å². The number of benzene rings is 1. The summed E-state index contributed by atoms with van der Waals surface area (Å²) in [6.45, 7) is 1.74. The van der Waals surface area contributed by atoms with Crippen molar-refractivity contribution >= 4 is 11.4 Å². The molecule has 0 unspecified atom stereocenters. The number of anilines is 2. The smallest absolute Gasteiger partial charge is 0.212 e. The first-order valence-corrected chi connectivity index (χ1v) is 6.53. The van der Waals surface area contributed by atoms with Gasteiger partial charge in [-0.1, -0.05) is 18.2 Å². The number of nitrogens with zero attached hydrogens (tertiary/aromatic N) is 1. The van der Waals surface area contributed by atoms with E-state index in [1.54, 1.807) is 6.07 Å². The average molecular weight is 257 g/mol. The molecular formula is C15H16FN3. The molecular weight excluding hydrogens is 241 g/mol. The summed E-state index contributed by atoms with van der Waals surface area (Å²) in [4.78, 5) is 3.63. The van der Waals surface area contributed by atoms with Crippen molar-refractivity contribution < 1.29 is 4.39 Å². The molecule has 0 saturated carbocycles. The van der Waals surface area contributed by atoms with Crippen molar-refractivity contribution in [3.05, 3.63) is 53.6 Å². The molecule has 2 aromatic rings. The molecule has 1 aromatic carbocycles. The summed E-state index contributed by atoms with van der Waals surface area (Å²) in [5.74, 6) is -0.454. The molecule has 2 N–H and O–H groups in total. The number of hydrogen-bond donors (Lipinski definition) is 2. The van der Waals surface area contributed by atoms with E-state index in [0.717, 1.165) is 18.7 Å². The van der Waals surface area contributed by atoms with Gasteiger partial charge in [-0.3, -0.25) is 0 Å². The largest absolute Gasteiger partial charge is 0.385 e. The van der Waals surface area contributed by atoms with E-state index in [1.807, 2.05) is 0 Å². The molecule has 1 aliphatic heterocycles. The fourth-order valence-electron chi connectivity index (χ4n) is 2.41. The third-order valence-corrected chi connectivity index (χ3v) is 3.37. The van der Waals surface area contributed by atoms with Crippen LogP contribution in [0.5, 0.6) is 0 Å². The van der Waals surface area contributed by atoms with Gasteiger partial charge in [0.2, 0.25) is 5.95 Å². The zero-order valence-electron chi connectivity index (χ0n) is 10.6. The van der Waals surface area contributed by atoms with E-state index in [0.29, 0.717) is 6.54 Å². The van der Waals surface area contributed by atoms with E-state index < -0.39 is 5.95 Å². The molecule has 0 spiro atoms. The van der Waals surface area contributed by atoms with Gasteiger partial charge < -0.3 is 10.6 Å². The van der Waals surface area contributed by atoms with Crippen LogP contribution in [0.1, 0.15) is 17.5 Å². The molecule has 1 aromatic heterocycles. The van der Waals surface area contributed by atoms with Crippen LogP contribution in [0.3, 0.4) is 0 Å². The number of para-hydroxylation sites is 1. The summed E-state index contributed by atoms with van der Waals surface area (Å²) < 4.78 is 12.7. The van der Waals surface area contributed by atoms with Crippen LogP contribution in [0.4, 0.5) is 15.8 Å². The molecule has 0 bridgehead atoms. The highest BCUT2D eigenvalue weighted by atomic mass is 19.1. The van der Waals surface area contributed by atoms with Crippen LogP contribution in [0.2, 0.25) is 0 Å². The zero-order chi connectivity index (χ0) is 13.1. The van der Waals surface area contributed by atoms with Gasteiger partial charge in [0.05, 0.1) is 11.9 Å². The van der Waals surface area contributed by atoms with Gasteiger partial charge in [-0.05, 0) is 36.1 Å². The summed E-state index contributed by atoms with van der Waals surface area (Å²) in [6.07, 6.45) is 3.83. The fraction of sp³-hybridized carbons (Fsp3) is 0.267. The van der Waals surface area contributed by atoms with Crippen molar-refractivity contribution in [2.24, 2.45) is 0 Å². The van der Waals surface area contributed by atoms with Crippen LogP contribution >= 0.6 is 0 Å². The van der Waals surface area contributed by atoms with Crippen LogP contribution in [0.25, 0.3) is 0 Å². The zero-order valence-corrected chi connectivity index (χ0v) is 10.6. The Morgan fingerprint density at radius 1 is 1.26 bits per heavy atom.